The van der Waals surface area contributed by atoms with Crippen LogP contribution in [0.2, 0.25) is 0 Å². The number of anilines is 1. The van der Waals surface area contributed by atoms with Crippen molar-refractivity contribution in [2.75, 3.05) is 26.0 Å². The lowest BCUT2D eigenvalue weighted by Crippen LogP contribution is -2.52. The fourth-order valence-corrected chi connectivity index (χ4v) is 4.07. The molecule has 1 aliphatic heterocycles. The van der Waals surface area contributed by atoms with Gasteiger partial charge in [0.2, 0.25) is 11.8 Å². The molecule has 4 rings (SSSR count). The minimum atomic E-state index is -0.657. The predicted molar refractivity (Wildman–Crippen MR) is 128 cm³/mol. The minimum Gasteiger partial charge on any atom is -0.459 e. The van der Waals surface area contributed by atoms with Crippen molar-refractivity contribution in [3.63, 3.8) is 0 Å². The van der Waals surface area contributed by atoms with Crippen molar-refractivity contribution in [2.45, 2.75) is 25.6 Å². The topological polar surface area (TPSA) is 94.9 Å². The van der Waals surface area contributed by atoms with Gasteiger partial charge in [-0.05, 0) is 55.1 Å². The number of fused-ring (bicyclic) bond motifs is 1. The van der Waals surface area contributed by atoms with E-state index in [0.29, 0.717) is 18.7 Å². The van der Waals surface area contributed by atoms with Crippen LogP contribution in [0.5, 0.6) is 0 Å². The van der Waals surface area contributed by atoms with Crippen LogP contribution in [0.4, 0.5) is 5.69 Å². The zero-order valence-electron chi connectivity index (χ0n) is 19.3. The normalized spacial score (nSPS) is 15.0. The number of carbonyl (C=O) groups is 3. The van der Waals surface area contributed by atoms with Crippen molar-refractivity contribution in [3.05, 3.63) is 89.4 Å². The molecule has 0 radical (unpaired) electrons. The van der Waals surface area contributed by atoms with Crippen molar-refractivity contribution in [1.29, 1.82) is 0 Å². The summed E-state index contributed by atoms with van der Waals surface area (Å²) in [6.07, 6.45) is 1.87. The molecule has 1 aromatic heterocycles. The first-order chi connectivity index (χ1) is 16.4. The molecule has 1 aliphatic rings. The quantitative estimate of drug-likeness (QED) is 0.565. The number of carbonyl (C=O) groups excluding carboxylic acids is 3. The number of likely N-dealkylation sites (N-methyl/N-ethyl adjacent to an activating group) is 1. The summed E-state index contributed by atoms with van der Waals surface area (Å²) < 4.78 is 5.30. The van der Waals surface area contributed by atoms with Crippen LogP contribution in [-0.4, -0.2) is 54.2 Å². The number of hydrogen-bond donors (Lipinski definition) is 2. The zero-order chi connectivity index (χ0) is 24.1. The lowest BCUT2D eigenvalue weighted by molar-refractivity contribution is -0.126. The first-order valence-electron chi connectivity index (χ1n) is 11.1. The fourth-order valence-electron chi connectivity index (χ4n) is 4.07. The highest BCUT2D eigenvalue weighted by Crippen LogP contribution is 2.25. The molecule has 2 heterocycles. The van der Waals surface area contributed by atoms with Gasteiger partial charge < -0.3 is 24.9 Å². The van der Waals surface area contributed by atoms with Crippen LogP contribution in [0.15, 0.2) is 71.3 Å². The summed E-state index contributed by atoms with van der Waals surface area (Å²) in [7, 11) is 3.66. The molecule has 0 aliphatic carbocycles. The van der Waals surface area contributed by atoms with E-state index in [9.17, 15) is 14.4 Å². The largest absolute Gasteiger partial charge is 0.459 e. The minimum absolute atomic E-state index is 0.112. The lowest BCUT2D eigenvalue weighted by atomic mass is 9.93. The Morgan fingerprint density at radius 1 is 1.03 bits per heavy atom. The van der Waals surface area contributed by atoms with Crippen LogP contribution < -0.4 is 10.6 Å². The summed E-state index contributed by atoms with van der Waals surface area (Å²) in [5.41, 5.74) is 3.58. The van der Waals surface area contributed by atoms with E-state index in [0.717, 1.165) is 16.7 Å². The van der Waals surface area contributed by atoms with Crippen LogP contribution in [0, 0.1) is 0 Å². The fraction of sp³-hybridized carbons (Fsp3) is 0.269. The standard InChI is InChI=1S/C26H28N4O4/c1-29(2)17-24(31)28-21-10-5-7-18(13-21)15-27-25(32)22-14-19-8-3-4-9-20(19)16-30(22)26(33)23-11-6-12-34-23/h3-13,22H,14-17H2,1-2H3,(H,27,32)(H,28,31). The van der Waals surface area contributed by atoms with Crippen LogP contribution in [-0.2, 0) is 29.1 Å². The van der Waals surface area contributed by atoms with E-state index in [1.54, 1.807) is 28.0 Å². The van der Waals surface area contributed by atoms with Gasteiger partial charge in [0.05, 0.1) is 12.8 Å². The van der Waals surface area contributed by atoms with Gasteiger partial charge in [0.15, 0.2) is 5.76 Å². The Kier molecular flexibility index (Phi) is 7.08. The Bertz CT molecular complexity index is 1170. The molecular formula is C26H28N4O4. The van der Waals surface area contributed by atoms with Gasteiger partial charge in [-0.25, -0.2) is 0 Å². The van der Waals surface area contributed by atoms with Crippen molar-refractivity contribution in [1.82, 2.24) is 15.1 Å². The van der Waals surface area contributed by atoms with Crippen LogP contribution in [0.1, 0.15) is 27.2 Å². The van der Waals surface area contributed by atoms with E-state index >= 15 is 0 Å². The molecule has 8 nitrogen and oxygen atoms in total. The molecule has 3 aromatic rings. The molecule has 0 spiro atoms. The SMILES string of the molecule is CN(C)CC(=O)Nc1cccc(CNC(=O)C2Cc3ccccc3CN2C(=O)c2ccco2)c1. The average molecular weight is 461 g/mol. The zero-order valence-corrected chi connectivity index (χ0v) is 19.3. The maximum atomic E-state index is 13.2. The maximum Gasteiger partial charge on any atom is 0.290 e. The van der Waals surface area contributed by atoms with Gasteiger partial charge in [0, 0.05) is 25.2 Å². The molecule has 0 saturated heterocycles. The molecule has 176 valence electrons. The van der Waals surface area contributed by atoms with E-state index in [4.69, 9.17) is 4.42 Å². The highest BCUT2D eigenvalue weighted by Gasteiger charge is 2.35. The second kappa shape index (κ2) is 10.4. The van der Waals surface area contributed by atoms with E-state index in [-0.39, 0.29) is 36.6 Å². The van der Waals surface area contributed by atoms with Crippen LogP contribution in [0.3, 0.4) is 0 Å². The second-order valence-electron chi connectivity index (χ2n) is 8.60. The molecule has 1 atom stereocenters. The van der Waals surface area contributed by atoms with Gasteiger partial charge in [-0.1, -0.05) is 36.4 Å². The molecule has 0 fully saturated rings. The Morgan fingerprint density at radius 3 is 2.56 bits per heavy atom. The summed E-state index contributed by atoms with van der Waals surface area (Å²) in [5.74, 6) is -0.459. The second-order valence-corrected chi connectivity index (χ2v) is 8.60. The Hall–Kier alpha value is -3.91. The third kappa shape index (κ3) is 5.52. The monoisotopic (exact) mass is 460 g/mol. The number of hydrogen-bond acceptors (Lipinski definition) is 5. The Balaban J connectivity index is 1.46. The predicted octanol–water partition coefficient (Wildman–Crippen LogP) is 2.66. The highest BCUT2D eigenvalue weighted by atomic mass is 16.3. The van der Waals surface area contributed by atoms with Gasteiger partial charge in [-0.15, -0.1) is 0 Å². The Morgan fingerprint density at radius 2 is 1.82 bits per heavy atom. The Labute approximate surface area is 198 Å². The number of benzene rings is 2. The molecular weight excluding hydrogens is 432 g/mol. The number of rotatable bonds is 7. The first kappa shape index (κ1) is 23.3. The van der Waals surface area contributed by atoms with Crippen LogP contribution >= 0.6 is 0 Å². The summed E-state index contributed by atoms with van der Waals surface area (Å²) in [5, 5.41) is 5.81. The van der Waals surface area contributed by atoms with E-state index in [1.165, 1.54) is 6.26 Å². The number of amides is 3. The molecule has 2 N–H and O–H groups in total. The molecule has 3 amide bonds. The third-order valence-corrected chi connectivity index (χ3v) is 5.68. The lowest BCUT2D eigenvalue weighted by Gasteiger charge is -2.35. The summed E-state index contributed by atoms with van der Waals surface area (Å²) >= 11 is 0. The van der Waals surface area contributed by atoms with Gasteiger partial charge in [0.25, 0.3) is 5.91 Å². The molecule has 34 heavy (non-hydrogen) atoms. The van der Waals surface area contributed by atoms with E-state index < -0.39 is 6.04 Å². The smallest absolute Gasteiger partial charge is 0.290 e. The third-order valence-electron chi connectivity index (χ3n) is 5.68. The van der Waals surface area contributed by atoms with Gasteiger partial charge in [0.1, 0.15) is 6.04 Å². The number of nitrogens with zero attached hydrogens (tertiary/aromatic N) is 2. The van der Waals surface area contributed by atoms with Crippen molar-refractivity contribution >= 4 is 23.4 Å². The molecule has 0 bridgehead atoms. The number of furan rings is 1. The summed E-state index contributed by atoms with van der Waals surface area (Å²) in [6.45, 7) is 0.891. The van der Waals surface area contributed by atoms with Gasteiger partial charge in [-0.3, -0.25) is 14.4 Å². The van der Waals surface area contributed by atoms with E-state index in [1.807, 2.05) is 56.6 Å². The molecule has 8 heteroatoms. The maximum absolute atomic E-state index is 13.2. The van der Waals surface area contributed by atoms with E-state index in [2.05, 4.69) is 10.6 Å². The van der Waals surface area contributed by atoms with Crippen molar-refractivity contribution in [2.24, 2.45) is 0 Å². The highest BCUT2D eigenvalue weighted by molar-refractivity contribution is 5.96. The molecule has 0 saturated carbocycles. The summed E-state index contributed by atoms with van der Waals surface area (Å²) in [4.78, 5) is 41.7. The van der Waals surface area contributed by atoms with Crippen LogP contribution in [0.25, 0.3) is 0 Å². The first-order valence-corrected chi connectivity index (χ1v) is 11.1. The molecule has 2 aromatic carbocycles. The van der Waals surface area contributed by atoms with Crippen molar-refractivity contribution in [3.8, 4) is 0 Å². The van der Waals surface area contributed by atoms with Crippen molar-refractivity contribution < 1.29 is 18.8 Å². The summed E-state index contributed by atoms with van der Waals surface area (Å²) in [6, 6.07) is 17.8. The molecule has 1 unspecified atom stereocenters. The number of nitrogens with one attached hydrogen (secondary N) is 2. The van der Waals surface area contributed by atoms with Gasteiger partial charge >= 0.3 is 0 Å². The average Bonchev–Trinajstić information content (AvgIpc) is 3.36. The van der Waals surface area contributed by atoms with Gasteiger partial charge in [-0.2, -0.15) is 0 Å².